The fourth-order valence-electron chi connectivity index (χ4n) is 4.46. The van der Waals surface area contributed by atoms with Crippen LogP contribution >= 0.6 is 12.4 Å². The smallest absolute Gasteiger partial charge is 0.227 e. The van der Waals surface area contributed by atoms with Crippen LogP contribution in [0, 0.1) is 5.92 Å². The molecular formula is C19H26ClN3O2. The van der Waals surface area contributed by atoms with Gasteiger partial charge in [0.25, 0.3) is 0 Å². The highest BCUT2D eigenvalue weighted by atomic mass is 35.5. The summed E-state index contributed by atoms with van der Waals surface area (Å²) in [4.78, 5) is 25.9. The molecule has 2 amide bonds. The molecule has 0 spiro atoms. The normalized spacial score (nSPS) is 27.9. The van der Waals surface area contributed by atoms with E-state index >= 15 is 0 Å². The van der Waals surface area contributed by atoms with Crippen LogP contribution in [0.15, 0.2) is 24.3 Å². The molecule has 3 aliphatic rings. The minimum atomic E-state index is 0. The van der Waals surface area contributed by atoms with Gasteiger partial charge in [0.1, 0.15) is 0 Å². The first-order valence-electron chi connectivity index (χ1n) is 9.14. The van der Waals surface area contributed by atoms with E-state index in [4.69, 9.17) is 0 Å². The van der Waals surface area contributed by atoms with Crippen LogP contribution in [0.4, 0.5) is 11.4 Å². The molecule has 2 atom stereocenters. The van der Waals surface area contributed by atoms with Crippen LogP contribution in [0.5, 0.6) is 0 Å². The maximum atomic E-state index is 12.3. The van der Waals surface area contributed by atoms with E-state index in [2.05, 4.69) is 10.6 Å². The van der Waals surface area contributed by atoms with Gasteiger partial charge in [-0.25, -0.2) is 0 Å². The number of benzene rings is 1. The molecular weight excluding hydrogens is 338 g/mol. The molecule has 25 heavy (non-hydrogen) atoms. The fourth-order valence-corrected chi connectivity index (χ4v) is 4.46. The lowest BCUT2D eigenvalue weighted by Gasteiger charge is -2.28. The first-order valence-corrected chi connectivity index (χ1v) is 9.14. The summed E-state index contributed by atoms with van der Waals surface area (Å²) in [6.45, 7) is 0.794. The van der Waals surface area contributed by atoms with Crippen LogP contribution in [-0.2, 0) is 9.59 Å². The number of rotatable bonds is 4. The summed E-state index contributed by atoms with van der Waals surface area (Å²) in [5, 5.41) is 6.62. The summed E-state index contributed by atoms with van der Waals surface area (Å²) >= 11 is 0. The van der Waals surface area contributed by atoms with Gasteiger partial charge in [-0.15, -0.1) is 12.4 Å². The second-order valence-electron chi connectivity index (χ2n) is 7.42. The van der Waals surface area contributed by atoms with E-state index in [0.717, 1.165) is 37.2 Å². The highest BCUT2D eigenvalue weighted by Gasteiger charge is 2.34. The largest absolute Gasteiger partial charge is 0.326 e. The number of anilines is 2. The maximum absolute atomic E-state index is 12.3. The molecule has 3 aliphatic heterocycles. The summed E-state index contributed by atoms with van der Waals surface area (Å²) < 4.78 is 0. The third-order valence-corrected chi connectivity index (χ3v) is 5.58. The molecule has 2 N–H and O–H groups in total. The van der Waals surface area contributed by atoms with Gasteiger partial charge in [-0.2, -0.15) is 0 Å². The second-order valence-corrected chi connectivity index (χ2v) is 7.42. The molecule has 3 saturated heterocycles. The molecule has 5 nitrogen and oxygen atoms in total. The summed E-state index contributed by atoms with van der Waals surface area (Å²) in [7, 11) is 0. The standard InChI is InChI=1S/C19H25N3O2.ClH/c23-18(12-13-10-15-3-4-16(11-13)20-15)21-14-5-7-17(8-6-14)22-9-1-2-19(22)24;/h5-8,13,15-16,20H,1-4,9-12H2,(H,21,23);1H. The van der Waals surface area contributed by atoms with Gasteiger partial charge in [-0.3, -0.25) is 9.59 Å². The van der Waals surface area contributed by atoms with Gasteiger partial charge in [-0.05, 0) is 62.3 Å². The molecule has 0 aromatic heterocycles. The number of nitrogens with zero attached hydrogens (tertiary/aromatic N) is 1. The predicted octanol–water partition coefficient (Wildman–Crippen LogP) is 3.09. The Bertz CT molecular complexity index is 622. The third kappa shape index (κ3) is 4.15. The SMILES string of the molecule is Cl.O=C(CC1CC2CCC(C1)N2)Nc1ccc(N2CCCC2=O)cc1. The van der Waals surface area contributed by atoms with E-state index in [1.54, 1.807) is 0 Å². The van der Waals surface area contributed by atoms with Crippen molar-refractivity contribution in [3.63, 3.8) is 0 Å². The Morgan fingerprint density at radius 3 is 2.44 bits per heavy atom. The Morgan fingerprint density at radius 1 is 1.16 bits per heavy atom. The number of carbonyl (C=O) groups excluding carboxylic acids is 2. The Morgan fingerprint density at radius 2 is 1.84 bits per heavy atom. The summed E-state index contributed by atoms with van der Waals surface area (Å²) in [5.41, 5.74) is 1.73. The van der Waals surface area contributed by atoms with Crippen molar-refractivity contribution in [2.75, 3.05) is 16.8 Å². The predicted molar refractivity (Wildman–Crippen MR) is 101 cm³/mol. The number of nitrogens with one attached hydrogen (secondary N) is 2. The van der Waals surface area contributed by atoms with Crippen LogP contribution in [0.25, 0.3) is 0 Å². The average Bonchev–Trinajstić information content (AvgIpc) is 3.13. The van der Waals surface area contributed by atoms with E-state index in [9.17, 15) is 9.59 Å². The molecule has 3 heterocycles. The topological polar surface area (TPSA) is 61.4 Å². The molecule has 0 saturated carbocycles. The summed E-state index contributed by atoms with van der Waals surface area (Å²) in [6, 6.07) is 8.88. The van der Waals surface area contributed by atoms with Crippen molar-refractivity contribution in [2.45, 2.75) is 57.0 Å². The number of amides is 2. The van der Waals surface area contributed by atoms with E-state index in [1.807, 2.05) is 29.2 Å². The second kappa shape index (κ2) is 7.75. The number of piperidine rings is 1. The van der Waals surface area contributed by atoms with Gasteiger partial charge in [0.15, 0.2) is 0 Å². The van der Waals surface area contributed by atoms with Gasteiger partial charge in [-0.1, -0.05) is 0 Å². The molecule has 3 fully saturated rings. The van der Waals surface area contributed by atoms with Gasteiger partial charge in [0.05, 0.1) is 0 Å². The zero-order valence-corrected chi connectivity index (χ0v) is 15.2. The average molecular weight is 364 g/mol. The Kier molecular flexibility index (Phi) is 5.64. The Labute approximate surface area is 154 Å². The fraction of sp³-hybridized carbons (Fsp3) is 0.579. The highest BCUT2D eigenvalue weighted by Crippen LogP contribution is 2.33. The minimum Gasteiger partial charge on any atom is -0.326 e. The number of carbonyl (C=O) groups is 2. The van der Waals surface area contributed by atoms with Gasteiger partial charge in [0, 0.05) is 42.8 Å². The van der Waals surface area contributed by atoms with Crippen molar-refractivity contribution in [1.82, 2.24) is 5.32 Å². The first-order chi connectivity index (χ1) is 11.7. The van der Waals surface area contributed by atoms with E-state index in [0.29, 0.717) is 30.8 Å². The molecule has 1 aromatic rings. The van der Waals surface area contributed by atoms with Crippen molar-refractivity contribution in [1.29, 1.82) is 0 Å². The molecule has 2 bridgehead atoms. The highest BCUT2D eigenvalue weighted by molar-refractivity contribution is 5.96. The molecule has 4 rings (SSSR count). The minimum absolute atomic E-state index is 0. The number of hydrogen-bond acceptors (Lipinski definition) is 3. The zero-order valence-electron chi connectivity index (χ0n) is 14.4. The van der Waals surface area contributed by atoms with E-state index in [-0.39, 0.29) is 24.2 Å². The molecule has 136 valence electrons. The monoisotopic (exact) mass is 363 g/mol. The Hall–Kier alpha value is -1.59. The first kappa shape index (κ1) is 18.2. The number of halogens is 1. The van der Waals surface area contributed by atoms with E-state index in [1.165, 1.54) is 12.8 Å². The lowest BCUT2D eigenvalue weighted by molar-refractivity contribution is -0.118. The van der Waals surface area contributed by atoms with Crippen molar-refractivity contribution in [3.8, 4) is 0 Å². The van der Waals surface area contributed by atoms with Crippen molar-refractivity contribution in [2.24, 2.45) is 5.92 Å². The van der Waals surface area contributed by atoms with Crippen molar-refractivity contribution < 1.29 is 9.59 Å². The van der Waals surface area contributed by atoms with Crippen LogP contribution in [0.2, 0.25) is 0 Å². The van der Waals surface area contributed by atoms with Crippen LogP contribution < -0.4 is 15.5 Å². The van der Waals surface area contributed by atoms with Gasteiger partial charge in [0.2, 0.25) is 11.8 Å². The summed E-state index contributed by atoms with van der Waals surface area (Å²) in [6.07, 6.45) is 6.95. The number of hydrogen-bond donors (Lipinski definition) is 2. The summed E-state index contributed by atoms with van der Waals surface area (Å²) in [5.74, 6) is 0.795. The quantitative estimate of drug-likeness (QED) is 0.864. The maximum Gasteiger partial charge on any atom is 0.227 e. The van der Waals surface area contributed by atoms with E-state index < -0.39 is 0 Å². The molecule has 1 aromatic carbocycles. The van der Waals surface area contributed by atoms with Crippen LogP contribution in [0.3, 0.4) is 0 Å². The van der Waals surface area contributed by atoms with Crippen molar-refractivity contribution >= 4 is 35.6 Å². The van der Waals surface area contributed by atoms with Gasteiger partial charge < -0.3 is 15.5 Å². The van der Waals surface area contributed by atoms with Crippen LogP contribution in [-0.4, -0.2) is 30.4 Å². The zero-order chi connectivity index (χ0) is 16.5. The molecule has 0 aliphatic carbocycles. The molecule has 6 heteroatoms. The molecule has 2 unspecified atom stereocenters. The lowest BCUT2D eigenvalue weighted by Crippen LogP contribution is -2.39. The number of fused-ring (bicyclic) bond motifs is 2. The lowest BCUT2D eigenvalue weighted by atomic mass is 9.89. The van der Waals surface area contributed by atoms with Crippen molar-refractivity contribution in [3.05, 3.63) is 24.3 Å². The third-order valence-electron chi connectivity index (χ3n) is 5.58. The van der Waals surface area contributed by atoms with Gasteiger partial charge >= 0.3 is 0 Å². The van der Waals surface area contributed by atoms with Crippen LogP contribution in [0.1, 0.15) is 44.9 Å². The Balaban J connectivity index is 0.00000182. The molecule has 0 radical (unpaired) electrons.